The lowest BCUT2D eigenvalue weighted by Crippen LogP contribution is -2.58. The molecule has 1 heterocycles. The summed E-state index contributed by atoms with van der Waals surface area (Å²) in [6.07, 6.45) is 3.39. The number of nitrogens with one attached hydrogen (secondary N) is 4. The van der Waals surface area contributed by atoms with Crippen LogP contribution >= 0.6 is 12.6 Å². The van der Waals surface area contributed by atoms with E-state index in [2.05, 4.69) is 43.5 Å². The highest BCUT2D eigenvalue weighted by Gasteiger charge is 2.30. The molecule has 15 nitrogen and oxygen atoms in total. The van der Waals surface area contributed by atoms with Gasteiger partial charge in [-0.2, -0.15) is 12.6 Å². The fourth-order valence-electron chi connectivity index (χ4n) is 3.58. The number of nitrogens with zero attached hydrogens (tertiary/aromatic N) is 2. The molecule has 0 fully saturated rings. The van der Waals surface area contributed by atoms with Gasteiger partial charge in [-0.1, -0.05) is 12.1 Å². The van der Waals surface area contributed by atoms with Gasteiger partial charge in [-0.25, -0.2) is 9.78 Å². The van der Waals surface area contributed by atoms with E-state index in [0.717, 1.165) is 0 Å². The lowest BCUT2D eigenvalue weighted by atomic mass is 10.0. The lowest BCUT2D eigenvalue weighted by Gasteiger charge is -2.24. The van der Waals surface area contributed by atoms with Gasteiger partial charge in [0.15, 0.2) is 5.96 Å². The van der Waals surface area contributed by atoms with E-state index in [-0.39, 0.29) is 49.7 Å². The zero-order chi connectivity index (χ0) is 29.7. The molecule has 0 bridgehead atoms. The molecule has 0 aliphatic rings. The maximum atomic E-state index is 13.2. The van der Waals surface area contributed by atoms with E-state index in [1.54, 1.807) is 12.1 Å². The van der Waals surface area contributed by atoms with Gasteiger partial charge in [0.1, 0.15) is 23.9 Å². The summed E-state index contributed by atoms with van der Waals surface area (Å²) in [5.41, 5.74) is 17.7. The SMILES string of the molecule is NC(N)=NCCCC(NC(=O)C(Cc1ccc(O)cc1)NC(=O)C(CS)NC(=O)C(N)Cc1cnc[nH]1)C(=O)O. The maximum Gasteiger partial charge on any atom is 0.326 e. The average molecular weight is 578 g/mol. The van der Waals surface area contributed by atoms with Gasteiger partial charge in [-0.3, -0.25) is 19.4 Å². The highest BCUT2D eigenvalue weighted by molar-refractivity contribution is 7.80. The Balaban J connectivity index is 2.12. The number of guanidine groups is 1. The largest absolute Gasteiger partial charge is 0.508 e. The summed E-state index contributed by atoms with van der Waals surface area (Å²) in [5.74, 6) is -3.63. The molecule has 0 radical (unpaired) electrons. The number of aromatic nitrogens is 2. The number of H-pyrrole nitrogens is 1. The molecule has 4 unspecified atom stereocenters. The predicted octanol–water partition coefficient (Wildman–Crippen LogP) is -2.25. The summed E-state index contributed by atoms with van der Waals surface area (Å²) in [5, 5.41) is 26.7. The first-order chi connectivity index (χ1) is 19.0. The Morgan fingerprint density at radius 2 is 1.60 bits per heavy atom. The van der Waals surface area contributed by atoms with Crippen LogP contribution < -0.4 is 33.2 Å². The van der Waals surface area contributed by atoms with Crippen LogP contribution in [0.4, 0.5) is 0 Å². The highest BCUT2D eigenvalue weighted by Crippen LogP contribution is 2.12. The number of thiol groups is 1. The number of nitrogens with two attached hydrogens (primary N) is 3. The summed E-state index contributed by atoms with van der Waals surface area (Å²) in [4.78, 5) is 61.1. The Morgan fingerprint density at radius 3 is 2.17 bits per heavy atom. The van der Waals surface area contributed by atoms with E-state index in [0.29, 0.717) is 11.3 Å². The number of aliphatic carboxylic acids is 1. The zero-order valence-corrected chi connectivity index (χ0v) is 22.5. The Bertz CT molecular complexity index is 1160. The minimum atomic E-state index is -1.28. The smallest absolute Gasteiger partial charge is 0.326 e. The third kappa shape index (κ3) is 10.8. The minimum Gasteiger partial charge on any atom is -0.508 e. The molecule has 40 heavy (non-hydrogen) atoms. The standard InChI is InChI=1S/C24H35N9O6S/c25-16(9-14-10-28-12-30-14)20(35)33-19(11-40)22(37)32-18(8-13-3-5-15(34)6-4-13)21(36)31-17(23(38)39)2-1-7-29-24(26)27/h3-6,10,12,16-19,34,40H,1-2,7-9,11,25H2,(H,28,30)(H,31,36)(H,32,37)(H,33,35)(H,38,39)(H4,26,27,29). The van der Waals surface area contributed by atoms with E-state index in [4.69, 9.17) is 17.2 Å². The third-order valence-corrected chi connectivity index (χ3v) is 6.08. The highest BCUT2D eigenvalue weighted by atomic mass is 32.1. The van der Waals surface area contributed by atoms with Crippen molar-refractivity contribution in [2.24, 2.45) is 22.2 Å². The number of imidazole rings is 1. The number of rotatable bonds is 16. The van der Waals surface area contributed by atoms with Crippen molar-refractivity contribution < 1.29 is 29.4 Å². The summed E-state index contributed by atoms with van der Waals surface area (Å²) in [7, 11) is 0. The van der Waals surface area contributed by atoms with Crippen LogP contribution in [0.5, 0.6) is 5.75 Å². The second-order valence-corrected chi connectivity index (χ2v) is 9.28. The van der Waals surface area contributed by atoms with Crippen LogP contribution in [0.3, 0.4) is 0 Å². The van der Waals surface area contributed by atoms with Gasteiger partial charge in [-0.05, 0) is 30.5 Å². The molecule has 12 N–H and O–H groups in total. The van der Waals surface area contributed by atoms with Crippen LogP contribution in [-0.2, 0) is 32.0 Å². The van der Waals surface area contributed by atoms with Crippen molar-refractivity contribution in [3.05, 3.63) is 48.0 Å². The Kier molecular flexibility index (Phi) is 12.7. The molecular weight excluding hydrogens is 542 g/mol. The Morgan fingerprint density at radius 1 is 0.975 bits per heavy atom. The van der Waals surface area contributed by atoms with Crippen molar-refractivity contribution in [3.8, 4) is 5.75 Å². The summed E-state index contributed by atoms with van der Waals surface area (Å²) in [6.45, 7) is 0.168. The van der Waals surface area contributed by atoms with Gasteiger partial charge < -0.3 is 48.3 Å². The van der Waals surface area contributed by atoms with E-state index < -0.39 is 47.9 Å². The lowest BCUT2D eigenvalue weighted by molar-refractivity contribution is -0.142. The fraction of sp³-hybridized carbons (Fsp3) is 0.417. The number of aromatic hydroxyl groups is 1. The topological polar surface area (TPSA) is 264 Å². The number of hydrogen-bond acceptors (Lipinski definition) is 9. The van der Waals surface area contributed by atoms with Crippen molar-refractivity contribution in [2.75, 3.05) is 12.3 Å². The summed E-state index contributed by atoms with van der Waals surface area (Å²) >= 11 is 4.15. The molecule has 0 aliphatic carbocycles. The molecule has 1 aromatic heterocycles. The quantitative estimate of drug-likeness (QED) is 0.0443. The molecule has 0 saturated carbocycles. The van der Waals surface area contributed by atoms with Crippen LogP contribution in [0.25, 0.3) is 0 Å². The van der Waals surface area contributed by atoms with Gasteiger partial charge in [0.25, 0.3) is 0 Å². The number of hydrogen-bond donors (Lipinski definition) is 10. The average Bonchev–Trinajstić information content (AvgIpc) is 3.42. The molecule has 0 saturated heterocycles. The van der Waals surface area contributed by atoms with E-state index >= 15 is 0 Å². The molecule has 2 aromatic rings. The number of aliphatic imine (C=N–C) groups is 1. The zero-order valence-electron chi connectivity index (χ0n) is 21.6. The predicted molar refractivity (Wildman–Crippen MR) is 149 cm³/mol. The molecule has 3 amide bonds. The Hall–Kier alpha value is -4.31. The monoisotopic (exact) mass is 577 g/mol. The molecule has 0 spiro atoms. The van der Waals surface area contributed by atoms with Crippen LogP contribution in [0.2, 0.25) is 0 Å². The van der Waals surface area contributed by atoms with Crippen molar-refractivity contribution in [1.29, 1.82) is 0 Å². The summed E-state index contributed by atoms with van der Waals surface area (Å²) < 4.78 is 0. The number of aromatic amines is 1. The second-order valence-electron chi connectivity index (χ2n) is 8.91. The first-order valence-electron chi connectivity index (χ1n) is 12.3. The van der Waals surface area contributed by atoms with Crippen LogP contribution in [0, 0.1) is 0 Å². The number of amides is 3. The van der Waals surface area contributed by atoms with Crippen molar-refractivity contribution in [2.45, 2.75) is 49.9 Å². The van der Waals surface area contributed by atoms with Gasteiger partial charge in [0.05, 0.1) is 12.4 Å². The van der Waals surface area contributed by atoms with Crippen molar-refractivity contribution >= 4 is 42.3 Å². The number of carbonyl (C=O) groups excluding carboxylic acids is 3. The van der Waals surface area contributed by atoms with Gasteiger partial charge in [0.2, 0.25) is 17.7 Å². The van der Waals surface area contributed by atoms with Crippen LogP contribution in [0.15, 0.2) is 41.8 Å². The van der Waals surface area contributed by atoms with Gasteiger partial charge in [-0.15, -0.1) is 0 Å². The van der Waals surface area contributed by atoms with Gasteiger partial charge in [0, 0.05) is 37.0 Å². The number of phenols is 1. The van der Waals surface area contributed by atoms with E-state index in [1.165, 1.54) is 24.7 Å². The number of benzene rings is 1. The normalized spacial score (nSPS) is 13.8. The van der Waals surface area contributed by atoms with Crippen LogP contribution in [0.1, 0.15) is 24.1 Å². The van der Waals surface area contributed by atoms with E-state index in [9.17, 15) is 29.4 Å². The molecular formula is C24H35N9O6S. The van der Waals surface area contributed by atoms with Crippen LogP contribution in [-0.4, -0.2) is 86.3 Å². The first kappa shape index (κ1) is 31.9. The number of carbonyl (C=O) groups is 4. The maximum absolute atomic E-state index is 13.2. The van der Waals surface area contributed by atoms with Crippen molar-refractivity contribution in [1.82, 2.24) is 25.9 Å². The molecule has 0 aliphatic heterocycles. The molecule has 16 heteroatoms. The molecule has 1 aromatic carbocycles. The molecule has 4 atom stereocenters. The number of carboxylic acids is 1. The van der Waals surface area contributed by atoms with E-state index in [1.807, 2.05) is 0 Å². The molecule has 218 valence electrons. The fourth-order valence-corrected chi connectivity index (χ4v) is 3.84. The second kappa shape index (κ2) is 15.9. The Labute approximate surface area is 235 Å². The van der Waals surface area contributed by atoms with Gasteiger partial charge >= 0.3 is 5.97 Å². The third-order valence-electron chi connectivity index (χ3n) is 5.72. The first-order valence-corrected chi connectivity index (χ1v) is 12.9. The van der Waals surface area contributed by atoms with Crippen molar-refractivity contribution in [3.63, 3.8) is 0 Å². The minimum absolute atomic E-state index is 0.00446. The number of carboxylic acid groups (broad SMARTS) is 1. The summed E-state index contributed by atoms with van der Waals surface area (Å²) in [6, 6.07) is 1.30. The number of phenolic OH excluding ortho intramolecular Hbond substituents is 1. The molecule has 2 rings (SSSR count).